The molecule has 2 nitrogen and oxygen atoms in total. The molecule has 0 fully saturated rings. The minimum absolute atomic E-state index is 0.521. The molecule has 0 radical (unpaired) electrons. The van der Waals surface area contributed by atoms with Gasteiger partial charge in [-0.15, -0.1) is 0 Å². The number of rotatable bonds is 5. The van der Waals surface area contributed by atoms with Crippen molar-refractivity contribution < 1.29 is 9.47 Å². The normalized spacial score (nSPS) is 20.7. The Kier molecular flexibility index (Phi) is 4.52. The first-order valence-electron chi connectivity index (χ1n) is 7.50. The van der Waals surface area contributed by atoms with Crippen molar-refractivity contribution in [1.29, 1.82) is 0 Å². The molecule has 0 saturated carbocycles. The second-order valence-corrected chi connectivity index (χ2v) is 5.31. The summed E-state index contributed by atoms with van der Waals surface area (Å²) in [6.07, 6.45) is 6.93. The van der Waals surface area contributed by atoms with Crippen LogP contribution in [0.3, 0.4) is 0 Å². The zero-order valence-corrected chi connectivity index (χ0v) is 12.7. The van der Waals surface area contributed by atoms with E-state index in [-0.39, 0.29) is 0 Å². The molecule has 1 aliphatic rings. The summed E-state index contributed by atoms with van der Waals surface area (Å²) in [6, 6.07) is 20.4. The van der Waals surface area contributed by atoms with Gasteiger partial charge >= 0.3 is 0 Å². The highest BCUT2D eigenvalue weighted by Crippen LogP contribution is 2.37. The lowest BCUT2D eigenvalue weighted by Crippen LogP contribution is -2.36. The van der Waals surface area contributed by atoms with Crippen molar-refractivity contribution in [3.63, 3.8) is 0 Å². The molecule has 0 aliphatic heterocycles. The molecule has 1 unspecified atom stereocenters. The van der Waals surface area contributed by atoms with Crippen molar-refractivity contribution >= 4 is 5.57 Å². The van der Waals surface area contributed by atoms with Crippen LogP contribution in [0.5, 0.6) is 0 Å². The van der Waals surface area contributed by atoms with E-state index in [2.05, 4.69) is 42.5 Å². The van der Waals surface area contributed by atoms with E-state index in [1.165, 1.54) is 0 Å². The van der Waals surface area contributed by atoms with Gasteiger partial charge in [0.1, 0.15) is 0 Å². The second-order valence-electron chi connectivity index (χ2n) is 5.31. The summed E-state index contributed by atoms with van der Waals surface area (Å²) in [7, 11) is 1.71. The van der Waals surface area contributed by atoms with Crippen molar-refractivity contribution in [2.24, 2.45) is 0 Å². The number of ether oxygens (including phenoxy) is 2. The lowest BCUT2D eigenvalue weighted by atomic mass is 9.91. The van der Waals surface area contributed by atoms with Crippen molar-refractivity contribution in [2.75, 3.05) is 7.11 Å². The summed E-state index contributed by atoms with van der Waals surface area (Å²) in [6.45, 7) is 0.521. The van der Waals surface area contributed by atoms with E-state index in [1.807, 2.05) is 36.4 Å². The quantitative estimate of drug-likeness (QED) is 0.750. The average Bonchev–Trinajstić information content (AvgIpc) is 2.62. The van der Waals surface area contributed by atoms with E-state index in [0.717, 1.165) is 16.7 Å². The van der Waals surface area contributed by atoms with E-state index >= 15 is 0 Å². The highest BCUT2D eigenvalue weighted by molar-refractivity contribution is 5.73. The number of methoxy groups -OCH3 is 1. The van der Waals surface area contributed by atoms with E-state index in [1.54, 1.807) is 7.11 Å². The van der Waals surface area contributed by atoms with Crippen LogP contribution in [-0.4, -0.2) is 12.9 Å². The van der Waals surface area contributed by atoms with Gasteiger partial charge in [0, 0.05) is 19.1 Å². The van der Waals surface area contributed by atoms with E-state index in [0.29, 0.717) is 13.0 Å². The number of benzene rings is 2. The van der Waals surface area contributed by atoms with Crippen LogP contribution in [0.15, 0.2) is 78.9 Å². The van der Waals surface area contributed by atoms with E-state index in [9.17, 15) is 0 Å². The Balaban J connectivity index is 1.87. The highest BCUT2D eigenvalue weighted by Gasteiger charge is 2.36. The Hall–Kier alpha value is -2.16. The third-order valence-electron chi connectivity index (χ3n) is 3.93. The van der Waals surface area contributed by atoms with E-state index < -0.39 is 5.79 Å². The summed E-state index contributed by atoms with van der Waals surface area (Å²) in [5, 5.41) is 0. The molecule has 1 aliphatic carbocycles. The predicted molar refractivity (Wildman–Crippen MR) is 89.1 cm³/mol. The Morgan fingerprint density at radius 2 is 1.64 bits per heavy atom. The first-order chi connectivity index (χ1) is 10.8. The van der Waals surface area contributed by atoms with Gasteiger partial charge in [0.25, 0.3) is 0 Å². The molecule has 0 saturated heterocycles. The summed E-state index contributed by atoms with van der Waals surface area (Å²) < 4.78 is 12.1. The maximum Gasteiger partial charge on any atom is 0.199 e. The van der Waals surface area contributed by atoms with Crippen molar-refractivity contribution in [3.05, 3.63) is 90.0 Å². The van der Waals surface area contributed by atoms with Gasteiger partial charge in [-0.2, -0.15) is 0 Å². The fraction of sp³-hybridized carbons (Fsp3) is 0.200. The molecular formula is C20H20O2. The first-order valence-corrected chi connectivity index (χ1v) is 7.50. The standard InChI is InChI=1S/C20H20O2/c1-21-20(22-16-17-10-4-2-5-11-17)15-9-8-14-19(20)18-12-6-3-7-13-18/h2-14H,15-16H2,1H3. The topological polar surface area (TPSA) is 18.5 Å². The van der Waals surface area contributed by atoms with Crippen LogP contribution in [0.2, 0.25) is 0 Å². The first kappa shape index (κ1) is 14.8. The largest absolute Gasteiger partial charge is 0.349 e. The Morgan fingerprint density at radius 3 is 2.32 bits per heavy atom. The van der Waals surface area contributed by atoms with Crippen LogP contribution in [-0.2, 0) is 16.1 Å². The molecule has 0 spiro atoms. The molecule has 0 heterocycles. The van der Waals surface area contributed by atoms with E-state index in [4.69, 9.17) is 9.47 Å². The molecule has 3 rings (SSSR count). The van der Waals surface area contributed by atoms with Gasteiger partial charge in [-0.3, -0.25) is 0 Å². The van der Waals surface area contributed by atoms with Gasteiger partial charge in [-0.1, -0.05) is 78.9 Å². The van der Waals surface area contributed by atoms with Crippen molar-refractivity contribution in [1.82, 2.24) is 0 Å². The minimum Gasteiger partial charge on any atom is -0.349 e. The molecule has 2 aromatic carbocycles. The molecule has 0 aromatic heterocycles. The minimum atomic E-state index is -0.730. The molecule has 0 bridgehead atoms. The van der Waals surface area contributed by atoms with Crippen LogP contribution in [0, 0.1) is 0 Å². The van der Waals surface area contributed by atoms with Crippen LogP contribution in [0.4, 0.5) is 0 Å². The molecule has 1 atom stereocenters. The summed E-state index contributed by atoms with van der Waals surface area (Å²) in [5.74, 6) is -0.730. The second kappa shape index (κ2) is 6.73. The van der Waals surface area contributed by atoms with Crippen molar-refractivity contribution in [3.8, 4) is 0 Å². The van der Waals surface area contributed by atoms with Gasteiger partial charge in [0.05, 0.1) is 6.61 Å². The van der Waals surface area contributed by atoms with Gasteiger partial charge in [0.15, 0.2) is 5.79 Å². The summed E-state index contributed by atoms with van der Waals surface area (Å²) >= 11 is 0. The van der Waals surface area contributed by atoms with Gasteiger partial charge < -0.3 is 9.47 Å². The fourth-order valence-corrected chi connectivity index (χ4v) is 2.72. The third kappa shape index (κ3) is 3.03. The van der Waals surface area contributed by atoms with Crippen molar-refractivity contribution in [2.45, 2.75) is 18.8 Å². The highest BCUT2D eigenvalue weighted by atomic mass is 16.7. The molecule has 112 valence electrons. The monoisotopic (exact) mass is 292 g/mol. The van der Waals surface area contributed by atoms with Gasteiger partial charge in [0.2, 0.25) is 0 Å². The zero-order valence-electron chi connectivity index (χ0n) is 12.7. The van der Waals surface area contributed by atoms with Gasteiger partial charge in [-0.05, 0) is 11.1 Å². The molecular weight excluding hydrogens is 272 g/mol. The Labute approximate surface area is 131 Å². The lowest BCUT2D eigenvalue weighted by Gasteiger charge is -2.36. The molecule has 0 amide bonds. The summed E-state index contributed by atoms with van der Waals surface area (Å²) in [5.41, 5.74) is 3.33. The fourth-order valence-electron chi connectivity index (χ4n) is 2.72. The number of hydrogen-bond donors (Lipinski definition) is 0. The number of hydrogen-bond acceptors (Lipinski definition) is 2. The number of allylic oxidation sites excluding steroid dienone is 2. The van der Waals surface area contributed by atoms with Gasteiger partial charge in [-0.25, -0.2) is 0 Å². The Morgan fingerprint density at radius 1 is 0.955 bits per heavy atom. The Bertz CT molecular complexity index is 659. The average molecular weight is 292 g/mol. The maximum atomic E-state index is 6.23. The molecule has 22 heavy (non-hydrogen) atoms. The lowest BCUT2D eigenvalue weighted by molar-refractivity contribution is -0.185. The van der Waals surface area contributed by atoms with Crippen LogP contribution >= 0.6 is 0 Å². The predicted octanol–water partition coefficient (Wildman–Crippen LogP) is 4.59. The molecule has 0 N–H and O–H groups in total. The molecule has 2 aromatic rings. The zero-order chi connectivity index (χ0) is 15.3. The van der Waals surface area contributed by atoms with Crippen LogP contribution in [0.25, 0.3) is 5.57 Å². The SMILES string of the molecule is COC1(OCc2ccccc2)CC=CC=C1c1ccccc1. The smallest absolute Gasteiger partial charge is 0.199 e. The molecule has 2 heteroatoms. The van der Waals surface area contributed by atoms with Crippen LogP contribution in [0.1, 0.15) is 17.5 Å². The maximum absolute atomic E-state index is 6.23. The summed E-state index contributed by atoms with van der Waals surface area (Å²) in [4.78, 5) is 0. The van der Waals surface area contributed by atoms with Crippen LogP contribution < -0.4 is 0 Å². The third-order valence-corrected chi connectivity index (χ3v) is 3.93.